The lowest BCUT2D eigenvalue weighted by Crippen LogP contribution is -2.50. The Kier molecular flexibility index (Phi) is 4.09. The number of benzene rings is 1. The van der Waals surface area contributed by atoms with Gasteiger partial charge in [-0.05, 0) is 29.7 Å². The number of rotatable bonds is 1. The Morgan fingerprint density at radius 3 is 2.95 bits per heavy atom. The highest BCUT2D eigenvalue weighted by molar-refractivity contribution is 7.99. The monoisotopic (exact) mass is 276 g/mol. The van der Waals surface area contributed by atoms with E-state index in [9.17, 15) is 4.79 Å². The molecule has 0 bridgehead atoms. The number of nitrogens with zero attached hydrogens (tertiary/aromatic N) is 1. The molecule has 0 unspecified atom stereocenters. The summed E-state index contributed by atoms with van der Waals surface area (Å²) < 4.78 is 0. The first kappa shape index (κ1) is 13.0. The first-order valence-corrected chi connectivity index (χ1v) is 8.17. The summed E-state index contributed by atoms with van der Waals surface area (Å²) in [4.78, 5) is 14.6. The van der Waals surface area contributed by atoms with Crippen LogP contribution in [-0.2, 0) is 17.8 Å². The molecule has 1 aromatic carbocycles. The fraction of sp³-hybridized carbons (Fsp3) is 0.533. The second-order valence-corrected chi connectivity index (χ2v) is 6.42. The molecule has 1 fully saturated rings. The number of hydrogen-bond acceptors (Lipinski definition) is 3. The lowest BCUT2D eigenvalue weighted by molar-refractivity contribution is -0.133. The molecule has 3 rings (SSSR count). The highest BCUT2D eigenvalue weighted by Gasteiger charge is 2.28. The Bertz CT molecular complexity index is 455. The summed E-state index contributed by atoms with van der Waals surface area (Å²) in [5.41, 5.74) is 2.65. The lowest BCUT2D eigenvalue weighted by Gasteiger charge is -2.30. The minimum Gasteiger partial charge on any atom is -0.340 e. The van der Waals surface area contributed by atoms with Crippen molar-refractivity contribution >= 4 is 17.7 Å². The highest BCUT2D eigenvalue weighted by atomic mass is 32.2. The van der Waals surface area contributed by atoms with Crippen LogP contribution in [0, 0.1) is 0 Å². The molecular formula is C15H20N2OS. The van der Waals surface area contributed by atoms with E-state index in [1.54, 1.807) is 0 Å². The van der Waals surface area contributed by atoms with Crippen molar-refractivity contribution in [3.8, 4) is 0 Å². The van der Waals surface area contributed by atoms with Gasteiger partial charge in [-0.15, -0.1) is 0 Å². The van der Waals surface area contributed by atoms with E-state index in [0.717, 1.165) is 38.2 Å². The maximum atomic E-state index is 12.6. The van der Waals surface area contributed by atoms with Crippen LogP contribution in [0.2, 0.25) is 0 Å². The minimum absolute atomic E-state index is 0.0296. The molecule has 0 saturated carbocycles. The smallest absolute Gasteiger partial charge is 0.240 e. The van der Waals surface area contributed by atoms with Gasteiger partial charge in [-0.25, -0.2) is 0 Å². The Labute approximate surface area is 118 Å². The normalized spacial score (nSPS) is 23.6. The van der Waals surface area contributed by atoms with Crippen molar-refractivity contribution in [3.63, 3.8) is 0 Å². The zero-order chi connectivity index (χ0) is 13.1. The third-order valence-corrected chi connectivity index (χ3v) is 4.96. The van der Waals surface area contributed by atoms with Crippen molar-refractivity contribution < 1.29 is 4.79 Å². The Morgan fingerprint density at radius 2 is 2.05 bits per heavy atom. The highest BCUT2D eigenvalue weighted by Crippen LogP contribution is 2.18. The number of thioether (sulfide) groups is 1. The number of hydrogen-bond donors (Lipinski definition) is 1. The van der Waals surface area contributed by atoms with Crippen LogP contribution < -0.4 is 5.32 Å². The number of nitrogens with one attached hydrogen (secondary N) is 1. The number of carbonyl (C=O) groups excluding carboxylic acids is 1. The average Bonchev–Trinajstić information content (AvgIpc) is 2.75. The lowest BCUT2D eigenvalue weighted by atomic mass is 9.95. The summed E-state index contributed by atoms with van der Waals surface area (Å²) in [6, 6.07) is 8.39. The first-order valence-electron chi connectivity index (χ1n) is 7.01. The molecule has 2 aliphatic heterocycles. The molecule has 2 aliphatic rings. The van der Waals surface area contributed by atoms with Crippen molar-refractivity contribution in [2.45, 2.75) is 25.4 Å². The van der Waals surface area contributed by atoms with Gasteiger partial charge < -0.3 is 10.2 Å². The van der Waals surface area contributed by atoms with Gasteiger partial charge in [0.1, 0.15) is 0 Å². The third kappa shape index (κ3) is 2.95. The zero-order valence-corrected chi connectivity index (χ0v) is 11.9. The van der Waals surface area contributed by atoms with Gasteiger partial charge in [-0.3, -0.25) is 4.79 Å². The van der Waals surface area contributed by atoms with Crippen LogP contribution in [0.4, 0.5) is 0 Å². The fourth-order valence-corrected chi connectivity index (χ4v) is 3.70. The van der Waals surface area contributed by atoms with Crippen LogP contribution in [-0.4, -0.2) is 41.4 Å². The van der Waals surface area contributed by atoms with Gasteiger partial charge in [0.25, 0.3) is 0 Å². The van der Waals surface area contributed by atoms with E-state index in [1.165, 1.54) is 16.9 Å². The summed E-state index contributed by atoms with van der Waals surface area (Å²) in [6.07, 6.45) is 1.96. The van der Waals surface area contributed by atoms with Gasteiger partial charge in [0.05, 0.1) is 6.04 Å². The van der Waals surface area contributed by atoms with Gasteiger partial charge in [0.15, 0.2) is 0 Å². The molecule has 1 amide bonds. The van der Waals surface area contributed by atoms with Crippen molar-refractivity contribution in [2.24, 2.45) is 0 Å². The van der Waals surface area contributed by atoms with Gasteiger partial charge in [0.2, 0.25) is 5.91 Å². The van der Waals surface area contributed by atoms with Gasteiger partial charge in [-0.1, -0.05) is 24.3 Å². The van der Waals surface area contributed by atoms with Crippen molar-refractivity contribution in [3.05, 3.63) is 35.4 Å². The third-order valence-electron chi connectivity index (χ3n) is 3.91. The van der Waals surface area contributed by atoms with E-state index in [2.05, 4.69) is 29.6 Å². The van der Waals surface area contributed by atoms with E-state index in [-0.39, 0.29) is 11.9 Å². The minimum atomic E-state index is -0.0296. The van der Waals surface area contributed by atoms with Crippen molar-refractivity contribution in [1.29, 1.82) is 0 Å². The van der Waals surface area contributed by atoms with E-state index in [1.807, 2.05) is 16.7 Å². The molecule has 1 aromatic rings. The Morgan fingerprint density at radius 1 is 1.21 bits per heavy atom. The summed E-state index contributed by atoms with van der Waals surface area (Å²) in [6.45, 7) is 2.64. The summed E-state index contributed by atoms with van der Waals surface area (Å²) >= 11 is 1.96. The quantitative estimate of drug-likeness (QED) is 0.847. The molecule has 0 aliphatic carbocycles. The predicted octanol–water partition coefficient (Wildman–Crippen LogP) is 1.67. The Hall–Kier alpha value is -1.00. The van der Waals surface area contributed by atoms with Gasteiger partial charge in [0, 0.05) is 25.4 Å². The molecule has 0 spiro atoms. The summed E-state index contributed by atoms with van der Waals surface area (Å²) in [5.74, 6) is 2.55. The average molecular weight is 276 g/mol. The maximum Gasteiger partial charge on any atom is 0.240 e. The van der Waals surface area contributed by atoms with Crippen LogP contribution in [0.5, 0.6) is 0 Å². The summed E-state index contributed by atoms with van der Waals surface area (Å²) in [5, 5.41) is 3.39. The van der Waals surface area contributed by atoms with Gasteiger partial charge in [-0.2, -0.15) is 11.8 Å². The van der Waals surface area contributed by atoms with Crippen LogP contribution >= 0.6 is 11.8 Å². The number of fused-ring (bicyclic) bond motifs is 1. The summed E-state index contributed by atoms with van der Waals surface area (Å²) in [7, 11) is 0. The molecule has 2 heterocycles. The maximum absolute atomic E-state index is 12.6. The molecule has 0 radical (unpaired) electrons. The number of amides is 1. The van der Waals surface area contributed by atoms with E-state index >= 15 is 0 Å². The van der Waals surface area contributed by atoms with Crippen LogP contribution in [0.3, 0.4) is 0 Å². The van der Waals surface area contributed by atoms with Crippen molar-refractivity contribution in [2.75, 3.05) is 24.6 Å². The van der Waals surface area contributed by atoms with Crippen LogP contribution in [0.25, 0.3) is 0 Å². The molecule has 1 saturated heterocycles. The largest absolute Gasteiger partial charge is 0.340 e. The van der Waals surface area contributed by atoms with E-state index < -0.39 is 0 Å². The first-order chi connectivity index (χ1) is 9.34. The van der Waals surface area contributed by atoms with Crippen molar-refractivity contribution in [1.82, 2.24) is 10.2 Å². The molecule has 19 heavy (non-hydrogen) atoms. The van der Waals surface area contributed by atoms with Crippen LogP contribution in [0.1, 0.15) is 17.5 Å². The molecule has 102 valence electrons. The predicted molar refractivity (Wildman–Crippen MR) is 79.3 cm³/mol. The molecule has 0 aromatic heterocycles. The Balaban J connectivity index is 1.68. The second kappa shape index (κ2) is 5.97. The van der Waals surface area contributed by atoms with Crippen LogP contribution in [0.15, 0.2) is 24.3 Å². The fourth-order valence-electron chi connectivity index (χ4n) is 2.82. The van der Waals surface area contributed by atoms with E-state index in [4.69, 9.17) is 0 Å². The second-order valence-electron chi connectivity index (χ2n) is 5.20. The molecule has 3 nitrogen and oxygen atoms in total. The standard InChI is InChI=1S/C15H20N2OS/c18-15(17-6-3-8-19-9-7-17)14-10-12-4-1-2-5-13(12)11-16-14/h1-2,4-5,14,16H,3,6-11H2/t14-/m1/s1. The topological polar surface area (TPSA) is 32.3 Å². The number of carbonyl (C=O) groups is 1. The molecule has 1 N–H and O–H groups in total. The zero-order valence-electron chi connectivity index (χ0n) is 11.1. The van der Waals surface area contributed by atoms with E-state index in [0.29, 0.717) is 0 Å². The molecule has 4 heteroatoms. The molecular weight excluding hydrogens is 256 g/mol. The molecule has 1 atom stereocenters. The van der Waals surface area contributed by atoms with Gasteiger partial charge >= 0.3 is 0 Å². The SMILES string of the molecule is O=C([C@H]1Cc2ccccc2CN1)N1CCCSCC1.